The molecule has 0 fully saturated rings. The molecule has 6 nitrogen and oxygen atoms in total. The Bertz CT molecular complexity index is 1440. The molecule has 0 aliphatic carbocycles. The van der Waals surface area contributed by atoms with Crippen LogP contribution in [-0.2, 0) is 31.3 Å². The van der Waals surface area contributed by atoms with Crippen LogP contribution in [0.4, 0.5) is 0 Å². The van der Waals surface area contributed by atoms with Crippen LogP contribution in [-0.4, -0.2) is 25.4 Å². The molecule has 0 aliphatic rings. The van der Waals surface area contributed by atoms with Crippen molar-refractivity contribution in [3.63, 3.8) is 0 Å². The van der Waals surface area contributed by atoms with E-state index in [0.717, 1.165) is 35.4 Å². The highest BCUT2D eigenvalue weighted by atomic mass is 16.4. The Morgan fingerprint density at radius 3 is 2.22 bits per heavy atom. The highest BCUT2D eigenvalue weighted by molar-refractivity contribution is 5.89. The van der Waals surface area contributed by atoms with E-state index in [-0.39, 0.29) is 16.7 Å². The van der Waals surface area contributed by atoms with Gasteiger partial charge in [-0.2, -0.15) is 5.10 Å². The van der Waals surface area contributed by atoms with Crippen molar-refractivity contribution in [1.29, 1.82) is 0 Å². The average molecular weight is 498 g/mol. The largest absolute Gasteiger partial charge is 0.478 e. The molecule has 0 amide bonds. The highest BCUT2D eigenvalue weighted by Crippen LogP contribution is 2.23. The fourth-order valence-electron chi connectivity index (χ4n) is 4.56. The summed E-state index contributed by atoms with van der Waals surface area (Å²) in [4.78, 5) is 24.3. The number of benzene rings is 3. The topological polar surface area (TPSA) is 77.1 Å². The van der Waals surface area contributed by atoms with Crippen molar-refractivity contribution >= 4 is 5.97 Å². The molecule has 0 atom stereocenters. The quantitative estimate of drug-likeness (QED) is 0.310. The molecule has 37 heavy (non-hydrogen) atoms. The fourth-order valence-corrected chi connectivity index (χ4v) is 4.56. The van der Waals surface area contributed by atoms with E-state index in [1.807, 2.05) is 25.1 Å². The molecule has 0 aliphatic heterocycles. The predicted octanol–water partition coefficient (Wildman–Crippen LogP) is 5.95. The Labute approximate surface area is 218 Å². The summed E-state index contributed by atoms with van der Waals surface area (Å²) in [6.07, 6.45) is 2.40. The number of rotatable bonds is 9. The molecule has 3 aromatic carbocycles. The smallest absolute Gasteiger partial charge is 0.346 e. The predicted molar refractivity (Wildman–Crippen MR) is 147 cm³/mol. The van der Waals surface area contributed by atoms with Crippen LogP contribution >= 0.6 is 0 Å². The lowest BCUT2D eigenvalue weighted by atomic mass is 9.87. The highest BCUT2D eigenvalue weighted by Gasteiger charge is 2.15. The number of nitrogens with zero attached hydrogens (tertiary/aromatic N) is 3. The Morgan fingerprint density at radius 1 is 0.892 bits per heavy atom. The van der Waals surface area contributed by atoms with Crippen molar-refractivity contribution in [2.75, 3.05) is 0 Å². The molecule has 0 unspecified atom stereocenters. The van der Waals surface area contributed by atoms with Gasteiger partial charge in [0.1, 0.15) is 5.82 Å². The Balaban J connectivity index is 1.44. The first-order valence-corrected chi connectivity index (χ1v) is 12.8. The Hall–Kier alpha value is -3.93. The van der Waals surface area contributed by atoms with Crippen molar-refractivity contribution in [2.24, 2.45) is 0 Å². The first-order valence-electron chi connectivity index (χ1n) is 12.8. The van der Waals surface area contributed by atoms with Gasteiger partial charge in [-0.05, 0) is 65.1 Å². The standard InChI is InChI=1S/C31H35N3O3/c1-5-33-28(32-34(30(33)37)21-23-15-17-27(18-16-23)31(2,3)4)14-7-10-22-9-6-11-24(19-22)25-12-8-13-26(20-25)29(35)36/h6,8-9,11-13,15-20H,5,7,10,14,21H2,1-4H3,(H,35,36). The van der Waals surface area contributed by atoms with Gasteiger partial charge in [0.2, 0.25) is 0 Å². The number of hydrogen-bond acceptors (Lipinski definition) is 3. The summed E-state index contributed by atoms with van der Waals surface area (Å²) in [7, 11) is 0. The van der Waals surface area contributed by atoms with Crippen LogP contribution in [0, 0.1) is 0 Å². The maximum atomic E-state index is 13.0. The molecule has 1 aromatic heterocycles. The van der Waals surface area contributed by atoms with Crippen LogP contribution in [0.25, 0.3) is 11.1 Å². The first kappa shape index (κ1) is 26.1. The third kappa shape index (κ3) is 6.26. The lowest BCUT2D eigenvalue weighted by Gasteiger charge is -2.19. The normalized spacial score (nSPS) is 11.6. The van der Waals surface area contributed by atoms with E-state index >= 15 is 0 Å². The lowest BCUT2D eigenvalue weighted by Crippen LogP contribution is -2.25. The summed E-state index contributed by atoms with van der Waals surface area (Å²) >= 11 is 0. The monoisotopic (exact) mass is 497 g/mol. The van der Waals surface area contributed by atoms with E-state index in [4.69, 9.17) is 0 Å². The molecular formula is C31H35N3O3. The van der Waals surface area contributed by atoms with Crippen molar-refractivity contribution in [2.45, 2.75) is 65.5 Å². The van der Waals surface area contributed by atoms with Gasteiger partial charge < -0.3 is 5.11 Å². The first-order chi connectivity index (χ1) is 17.7. The second kappa shape index (κ2) is 11.0. The summed E-state index contributed by atoms with van der Waals surface area (Å²) in [6.45, 7) is 9.59. The second-order valence-corrected chi connectivity index (χ2v) is 10.5. The number of carbonyl (C=O) groups is 1. The lowest BCUT2D eigenvalue weighted by molar-refractivity contribution is 0.0697. The van der Waals surface area contributed by atoms with Crippen LogP contribution in [0.2, 0.25) is 0 Å². The van der Waals surface area contributed by atoms with Gasteiger partial charge in [-0.15, -0.1) is 0 Å². The fraction of sp³-hybridized carbons (Fsp3) is 0.323. The summed E-state index contributed by atoms with van der Waals surface area (Å²) in [5, 5.41) is 14.0. The van der Waals surface area contributed by atoms with Gasteiger partial charge in [0.15, 0.2) is 0 Å². The molecule has 0 bridgehead atoms. The maximum absolute atomic E-state index is 13.0. The van der Waals surface area contributed by atoms with E-state index in [1.165, 1.54) is 11.1 Å². The summed E-state index contributed by atoms with van der Waals surface area (Å²) < 4.78 is 3.33. The van der Waals surface area contributed by atoms with Gasteiger partial charge >= 0.3 is 11.7 Å². The van der Waals surface area contributed by atoms with E-state index in [2.05, 4.69) is 62.3 Å². The summed E-state index contributed by atoms with van der Waals surface area (Å²) in [5.41, 5.74) is 5.67. The zero-order valence-corrected chi connectivity index (χ0v) is 22.1. The van der Waals surface area contributed by atoms with Gasteiger partial charge in [0.05, 0.1) is 12.1 Å². The van der Waals surface area contributed by atoms with Crippen LogP contribution in [0.5, 0.6) is 0 Å². The van der Waals surface area contributed by atoms with Crippen molar-refractivity contribution in [3.05, 3.63) is 111 Å². The molecule has 1 N–H and O–H groups in total. The van der Waals surface area contributed by atoms with E-state index in [1.54, 1.807) is 27.4 Å². The molecule has 4 rings (SSSR count). The van der Waals surface area contributed by atoms with Gasteiger partial charge in [-0.1, -0.05) is 81.4 Å². The van der Waals surface area contributed by atoms with Crippen LogP contribution < -0.4 is 5.69 Å². The Morgan fingerprint density at radius 2 is 1.57 bits per heavy atom. The van der Waals surface area contributed by atoms with Gasteiger partial charge in [-0.3, -0.25) is 4.57 Å². The van der Waals surface area contributed by atoms with Crippen LogP contribution in [0.3, 0.4) is 0 Å². The van der Waals surface area contributed by atoms with E-state index < -0.39 is 5.97 Å². The summed E-state index contributed by atoms with van der Waals surface area (Å²) in [5.74, 6) is -0.120. The average Bonchev–Trinajstić information content (AvgIpc) is 3.17. The van der Waals surface area contributed by atoms with Gasteiger partial charge in [-0.25, -0.2) is 14.3 Å². The minimum Gasteiger partial charge on any atom is -0.478 e. The number of aromatic nitrogens is 3. The van der Waals surface area contributed by atoms with Gasteiger partial charge in [0, 0.05) is 13.0 Å². The number of hydrogen-bond donors (Lipinski definition) is 1. The van der Waals surface area contributed by atoms with E-state index in [9.17, 15) is 14.7 Å². The molecule has 192 valence electrons. The van der Waals surface area contributed by atoms with Crippen LogP contribution in [0.15, 0.2) is 77.6 Å². The minimum absolute atomic E-state index is 0.0716. The van der Waals surface area contributed by atoms with Gasteiger partial charge in [0.25, 0.3) is 0 Å². The van der Waals surface area contributed by atoms with Crippen LogP contribution in [0.1, 0.15) is 67.0 Å². The molecule has 0 radical (unpaired) electrons. The molecular weight excluding hydrogens is 462 g/mol. The van der Waals surface area contributed by atoms with Crippen molar-refractivity contribution < 1.29 is 9.90 Å². The number of aromatic carboxylic acids is 1. The van der Waals surface area contributed by atoms with E-state index in [0.29, 0.717) is 19.5 Å². The zero-order valence-electron chi connectivity index (χ0n) is 22.1. The molecule has 0 saturated carbocycles. The van der Waals surface area contributed by atoms with Crippen molar-refractivity contribution in [3.8, 4) is 11.1 Å². The number of carboxylic acid groups (broad SMARTS) is 1. The third-order valence-electron chi connectivity index (χ3n) is 6.70. The molecule has 4 aromatic rings. The third-order valence-corrected chi connectivity index (χ3v) is 6.70. The number of carboxylic acids is 1. The molecule has 0 saturated heterocycles. The minimum atomic E-state index is -0.929. The SMILES string of the molecule is CCn1c(CCCc2cccc(-c3cccc(C(=O)O)c3)c2)nn(Cc2ccc(C(C)(C)C)cc2)c1=O. The molecule has 1 heterocycles. The number of aryl methyl sites for hydroxylation is 2. The van der Waals surface area contributed by atoms with Crippen molar-refractivity contribution in [1.82, 2.24) is 14.3 Å². The zero-order chi connectivity index (χ0) is 26.6. The molecule has 6 heteroatoms. The Kier molecular flexibility index (Phi) is 7.77. The maximum Gasteiger partial charge on any atom is 0.346 e. The second-order valence-electron chi connectivity index (χ2n) is 10.5. The summed E-state index contributed by atoms with van der Waals surface area (Å²) in [6, 6.07) is 23.6. The molecule has 0 spiro atoms.